The summed E-state index contributed by atoms with van der Waals surface area (Å²) in [6.07, 6.45) is 8.25. The molecule has 0 amide bonds. The van der Waals surface area contributed by atoms with Gasteiger partial charge < -0.3 is 10.5 Å². The molecule has 0 aliphatic rings. The Kier molecular flexibility index (Phi) is 9.55. The van der Waals surface area contributed by atoms with E-state index in [9.17, 15) is 4.79 Å². The molecule has 0 fully saturated rings. The lowest BCUT2D eigenvalue weighted by Crippen LogP contribution is -2.14. The fraction of sp³-hybridized carbons (Fsp3) is 0.611. The number of hydrogen-bond acceptors (Lipinski definition) is 3. The second kappa shape index (κ2) is 11.3. The first-order chi connectivity index (χ1) is 10.2. The molecular weight excluding hydrogens is 262 g/mol. The molecule has 1 rings (SSSR count). The van der Waals surface area contributed by atoms with Crippen molar-refractivity contribution in [2.45, 2.75) is 64.3 Å². The van der Waals surface area contributed by atoms with E-state index in [1.165, 1.54) is 25.7 Å². The molecule has 1 aromatic rings. The van der Waals surface area contributed by atoms with Crippen molar-refractivity contribution >= 4 is 5.97 Å². The zero-order chi connectivity index (χ0) is 15.3. The first-order valence-corrected chi connectivity index (χ1v) is 8.20. The van der Waals surface area contributed by atoms with Crippen LogP contribution < -0.4 is 5.73 Å². The van der Waals surface area contributed by atoms with E-state index in [4.69, 9.17) is 10.5 Å². The van der Waals surface area contributed by atoms with Gasteiger partial charge in [0.25, 0.3) is 0 Å². The standard InChI is InChI=1S/C18H29NO2/c1-2-3-4-5-6-10-15-21-18(20)14-13-17(19)16-11-8-7-9-12-16/h7-9,11-12,17H,2-6,10,13-15,19H2,1H3/t17-/m1/s1. The van der Waals surface area contributed by atoms with Crippen LogP contribution in [0.15, 0.2) is 30.3 Å². The third kappa shape index (κ3) is 8.51. The average Bonchev–Trinajstić information content (AvgIpc) is 2.52. The molecule has 0 radical (unpaired) electrons. The van der Waals surface area contributed by atoms with Gasteiger partial charge >= 0.3 is 5.97 Å². The van der Waals surface area contributed by atoms with E-state index in [1.54, 1.807) is 0 Å². The lowest BCUT2D eigenvalue weighted by Gasteiger charge is -2.11. The van der Waals surface area contributed by atoms with E-state index in [2.05, 4.69) is 6.92 Å². The van der Waals surface area contributed by atoms with Crippen LogP contribution in [0.1, 0.15) is 69.9 Å². The Morgan fingerprint density at radius 3 is 2.48 bits per heavy atom. The summed E-state index contributed by atoms with van der Waals surface area (Å²) in [4.78, 5) is 11.6. The highest BCUT2D eigenvalue weighted by Crippen LogP contribution is 2.15. The summed E-state index contributed by atoms with van der Waals surface area (Å²) in [6, 6.07) is 9.79. The van der Waals surface area contributed by atoms with Crippen LogP contribution in [0.5, 0.6) is 0 Å². The smallest absolute Gasteiger partial charge is 0.305 e. The van der Waals surface area contributed by atoms with E-state index < -0.39 is 0 Å². The van der Waals surface area contributed by atoms with Crippen molar-refractivity contribution < 1.29 is 9.53 Å². The van der Waals surface area contributed by atoms with Crippen LogP contribution in [0.4, 0.5) is 0 Å². The molecule has 0 aromatic heterocycles. The molecule has 0 heterocycles. The molecule has 0 saturated carbocycles. The molecular formula is C18H29NO2. The van der Waals surface area contributed by atoms with Crippen molar-refractivity contribution in [3.8, 4) is 0 Å². The summed E-state index contributed by atoms with van der Waals surface area (Å²) in [5.74, 6) is -0.130. The second-order valence-electron chi connectivity index (χ2n) is 5.54. The zero-order valence-electron chi connectivity index (χ0n) is 13.2. The Hall–Kier alpha value is -1.35. The van der Waals surface area contributed by atoms with Crippen LogP contribution in [-0.4, -0.2) is 12.6 Å². The molecule has 1 atom stereocenters. The van der Waals surface area contributed by atoms with Crippen LogP contribution in [0.25, 0.3) is 0 Å². The number of nitrogens with two attached hydrogens (primary N) is 1. The summed E-state index contributed by atoms with van der Waals surface area (Å²) in [6.45, 7) is 2.76. The summed E-state index contributed by atoms with van der Waals surface area (Å²) in [5, 5.41) is 0. The van der Waals surface area contributed by atoms with Crippen LogP contribution in [-0.2, 0) is 9.53 Å². The summed E-state index contributed by atoms with van der Waals surface area (Å²) in [5.41, 5.74) is 7.13. The lowest BCUT2D eigenvalue weighted by atomic mass is 10.0. The fourth-order valence-electron chi connectivity index (χ4n) is 2.28. The first kappa shape index (κ1) is 17.7. The molecule has 0 bridgehead atoms. The quantitative estimate of drug-likeness (QED) is 0.486. The SMILES string of the molecule is CCCCCCCCOC(=O)CC[C@@H](N)c1ccccc1. The second-order valence-corrected chi connectivity index (χ2v) is 5.54. The van der Waals surface area contributed by atoms with Gasteiger partial charge in [-0.25, -0.2) is 0 Å². The predicted octanol–water partition coefficient (Wildman–Crippen LogP) is 4.37. The molecule has 0 saturated heterocycles. The van der Waals surface area contributed by atoms with Gasteiger partial charge in [-0.05, 0) is 18.4 Å². The number of carbonyl (C=O) groups excluding carboxylic acids is 1. The molecule has 1 aromatic carbocycles. The number of esters is 1. The summed E-state index contributed by atoms with van der Waals surface area (Å²) >= 11 is 0. The minimum absolute atomic E-state index is 0.0900. The first-order valence-electron chi connectivity index (χ1n) is 8.20. The van der Waals surface area contributed by atoms with Crippen molar-refractivity contribution in [1.29, 1.82) is 0 Å². The molecule has 21 heavy (non-hydrogen) atoms. The van der Waals surface area contributed by atoms with Crippen LogP contribution >= 0.6 is 0 Å². The zero-order valence-corrected chi connectivity index (χ0v) is 13.2. The molecule has 0 spiro atoms. The van der Waals surface area contributed by atoms with Gasteiger partial charge in [0, 0.05) is 12.5 Å². The van der Waals surface area contributed by atoms with E-state index in [0.717, 1.165) is 18.4 Å². The van der Waals surface area contributed by atoms with Gasteiger partial charge in [0.05, 0.1) is 6.61 Å². The van der Waals surface area contributed by atoms with Crippen molar-refractivity contribution in [3.05, 3.63) is 35.9 Å². The van der Waals surface area contributed by atoms with Crippen molar-refractivity contribution in [2.24, 2.45) is 5.73 Å². The third-order valence-corrected chi connectivity index (χ3v) is 3.65. The molecule has 3 heteroatoms. The normalized spacial score (nSPS) is 12.1. The molecule has 3 nitrogen and oxygen atoms in total. The maximum Gasteiger partial charge on any atom is 0.305 e. The molecule has 0 aliphatic heterocycles. The highest BCUT2D eigenvalue weighted by atomic mass is 16.5. The summed E-state index contributed by atoms with van der Waals surface area (Å²) < 4.78 is 5.24. The van der Waals surface area contributed by atoms with Gasteiger partial charge in [-0.1, -0.05) is 69.4 Å². The molecule has 0 unspecified atom stereocenters. The van der Waals surface area contributed by atoms with E-state index in [1.807, 2.05) is 30.3 Å². The Labute approximate surface area is 128 Å². The van der Waals surface area contributed by atoms with Gasteiger partial charge in [-0.3, -0.25) is 4.79 Å². The number of carbonyl (C=O) groups is 1. The Balaban J connectivity index is 2.03. The van der Waals surface area contributed by atoms with Gasteiger partial charge in [0.15, 0.2) is 0 Å². The molecule has 0 aliphatic carbocycles. The van der Waals surface area contributed by atoms with E-state index >= 15 is 0 Å². The number of rotatable bonds is 11. The number of unbranched alkanes of at least 4 members (excludes halogenated alkanes) is 5. The Morgan fingerprint density at radius 2 is 1.76 bits per heavy atom. The van der Waals surface area contributed by atoms with Gasteiger partial charge in [-0.15, -0.1) is 0 Å². The van der Waals surface area contributed by atoms with Crippen molar-refractivity contribution in [2.75, 3.05) is 6.61 Å². The van der Waals surface area contributed by atoms with Crippen molar-refractivity contribution in [1.82, 2.24) is 0 Å². The Bertz CT molecular complexity index is 378. The molecule has 118 valence electrons. The van der Waals surface area contributed by atoms with E-state index in [0.29, 0.717) is 19.4 Å². The van der Waals surface area contributed by atoms with Crippen LogP contribution in [0.2, 0.25) is 0 Å². The highest BCUT2D eigenvalue weighted by Gasteiger charge is 2.09. The maximum atomic E-state index is 11.6. The topological polar surface area (TPSA) is 52.3 Å². The van der Waals surface area contributed by atoms with Gasteiger partial charge in [-0.2, -0.15) is 0 Å². The number of ether oxygens (including phenoxy) is 1. The minimum Gasteiger partial charge on any atom is -0.466 e. The average molecular weight is 291 g/mol. The fourth-order valence-corrected chi connectivity index (χ4v) is 2.28. The molecule has 2 N–H and O–H groups in total. The van der Waals surface area contributed by atoms with Crippen LogP contribution in [0, 0.1) is 0 Å². The van der Waals surface area contributed by atoms with Gasteiger partial charge in [0.1, 0.15) is 0 Å². The maximum absolute atomic E-state index is 11.6. The number of benzene rings is 1. The number of hydrogen-bond donors (Lipinski definition) is 1. The van der Waals surface area contributed by atoms with Crippen LogP contribution in [0.3, 0.4) is 0 Å². The van der Waals surface area contributed by atoms with E-state index in [-0.39, 0.29) is 12.0 Å². The minimum atomic E-state index is -0.130. The largest absolute Gasteiger partial charge is 0.466 e. The predicted molar refractivity (Wildman–Crippen MR) is 86.9 cm³/mol. The lowest BCUT2D eigenvalue weighted by molar-refractivity contribution is -0.144. The van der Waals surface area contributed by atoms with Crippen molar-refractivity contribution in [3.63, 3.8) is 0 Å². The Morgan fingerprint density at radius 1 is 1.10 bits per heavy atom. The summed E-state index contributed by atoms with van der Waals surface area (Å²) in [7, 11) is 0. The monoisotopic (exact) mass is 291 g/mol. The third-order valence-electron chi connectivity index (χ3n) is 3.65. The van der Waals surface area contributed by atoms with Gasteiger partial charge in [0.2, 0.25) is 0 Å². The highest BCUT2D eigenvalue weighted by molar-refractivity contribution is 5.69.